The molecule has 1 unspecified atom stereocenters. The average Bonchev–Trinajstić information content (AvgIpc) is 3.14. The number of fused-ring (bicyclic) bond motifs is 2. The van der Waals surface area contributed by atoms with E-state index < -0.39 is 0 Å². The molecule has 28 heavy (non-hydrogen) atoms. The van der Waals surface area contributed by atoms with Crippen molar-refractivity contribution in [3.63, 3.8) is 0 Å². The maximum absolute atomic E-state index is 12.3. The molecule has 3 heterocycles. The zero-order chi connectivity index (χ0) is 19.8. The van der Waals surface area contributed by atoms with Crippen LogP contribution in [0.1, 0.15) is 34.7 Å². The minimum Gasteiger partial charge on any atom is -0.274 e. The number of nitrogens with zero attached hydrogens (tertiary/aromatic N) is 6. The Morgan fingerprint density at radius 2 is 2.04 bits per heavy atom. The Balaban J connectivity index is 1.76. The molecule has 0 radical (unpaired) electrons. The first kappa shape index (κ1) is 18.5. The maximum Gasteiger partial charge on any atom is 0.297 e. The van der Waals surface area contributed by atoms with E-state index in [4.69, 9.17) is 4.84 Å². The molecule has 4 rings (SSSR count). The number of hydrogen-bond acceptors (Lipinski definition) is 6. The average molecular weight is 441 g/mol. The monoisotopic (exact) mass is 440 g/mol. The minimum absolute atomic E-state index is 0.0867. The van der Waals surface area contributed by atoms with E-state index in [1.54, 1.807) is 22.8 Å². The van der Waals surface area contributed by atoms with E-state index in [0.717, 1.165) is 26.0 Å². The molecule has 0 spiro atoms. The highest BCUT2D eigenvalue weighted by Gasteiger charge is 2.20. The van der Waals surface area contributed by atoms with Gasteiger partial charge in [-0.1, -0.05) is 13.0 Å². The highest BCUT2D eigenvalue weighted by atomic mass is 79.9. The molecule has 8 nitrogen and oxygen atoms in total. The Labute approximate surface area is 169 Å². The molecule has 0 aliphatic heterocycles. The van der Waals surface area contributed by atoms with Gasteiger partial charge in [0.25, 0.3) is 5.91 Å². The summed E-state index contributed by atoms with van der Waals surface area (Å²) < 4.78 is 2.52. The molecule has 0 N–H and O–H groups in total. The number of benzene rings is 1. The van der Waals surface area contributed by atoms with Crippen LogP contribution in [0.3, 0.4) is 0 Å². The van der Waals surface area contributed by atoms with Crippen LogP contribution >= 0.6 is 15.9 Å². The van der Waals surface area contributed by atoms with Crippen molar-refractivity contribution in [2.75, 3.05) is 14.2 Å². The SMILES string of the molecule is CON(C)C(=O)c1ccc2nnc(C(C)c3ccc4ncc(Br)cc4c3)n2n1. The van der Waals surface area contributed by atoms with Crippen LogP contribution in [-0.4, -0.2) is 49.9 Å². The van der Waals surface area contributed by atoms with Gasteiger partial charge < -0.3 is 0 Å². The van der Waals surface area contributed by atoms with Crippen LogP contribution in [0, 0.1) is 0 Å². The summed E-state index contributed by atoms with van der Waals surface area (Å²) in [6.45, 7) is 2.03. The van der Waals surface area contributed by atoms with Crippen molar-refractivity contribution in [3.05, 3.63) is 64.1 Å². The van der Waals surface area contributed by atoms with Gasteiger partial charge in [-0.25, -0.2) is 5.06 Å². The molecule has 0 aliphatic rings. The van der Waals surface area contributed by atoms with Gasteiger partial charge >= 0.3 is 0 Å². The number of aromatic nitrogens is 5. The summed E-state index contributed by atoms with van der Waals surface area (Å²) in [4.78, 5) is 21.7. The fourth-order valence-electron chi connectivity index (χ4n) is 2.98. The lowest BCUT2D eigenvalue weighted by Gasteiger charge is -2.14. The topological polar surface area (TPSA) is 85.5 Å². The van der Waals surface area contributed by atoms with Gasteiger partial charge in [0.2, 0.25) is 0 Å². The number of carbonyl (C=O) groups excluding carboxylic acids is 1. The van der Waals surface area contributed by atoms with Crippen LogP contribution in [0.5, 0.6) is 0 Å². The Bertz CT molecular complexity index is 1190. The molecule has 0 saturated heterocycles. The van der Waals surface area contributed by atoms with E-state index >= 15 is 0 Å². The summed E-state index contributed by atoms with van der Waals surface area (Å²) in [6.07, 6.45) is 1.77. The summed E-state index contributed by atoms with van der Waals surface area (Å²) in [7, 11) is 2.96. The molecule has 142 valence electrons. The summed E-state index contributed by atoms with van der Waals surface area (Å²) >= 11 is 3.46. The second-order valence-electron chi connectivity index (χ2n) is 6.36. The summed E-state index contributed by atoms with van der Waals surface area (Å²) in [5.74, 6) is 0.210. The fourth-order valence-corrected chi connectivity index (χ4v) is 3.32. The van der Waals surface area contributed by atoms with Gasteiger partial charge in [0.1, 0.15) is 0 Å². The van der Waals surface area contributed by atoms with Gasteiger partial charge in [-0.15, -0.1) is 10.2 Å². The Kier molecular flexibility index (Phi) is 4.78. The highest BCUT2D eigenvalue weighted by Crippen LogP contribution is 2.27. The van der Waals surface area contributed by atoms with Crippen molar-refractivity contribution >= 4 is 38.4 Å². The van der Waals surface area contributed by atoms with Gasteiger partial charge in [-0.3, -0.25) is 14.6 Å². The largest absolute Gasteiger partial charge is 0.297 e. The highest BCUT2D eigenvalue weighted by molar-refractivity contribution is 9.10. The Hall–Kier alpha value is -2.91. The Morgan fingerprint density at radius 3 is 2.82 bits per heavy atom. The third-order valence-corrected chi connectivity index (χ3v) is 5.06. The van der Waals surface area contributed by atoms with Crippen LogP contribution < -0.4 is 0 Å². The third-order valence-electron chi connectivity index (χ3n) is 4.63. The standard InChI is InChI=1S/C19H17BrN6O2/c1-11(12-4-5-15-13(8-12)9-14(20)10-21-15)18-23-22-17-7-6-16(24-26(17)18)19(27)25(2)28-3/h4-11H,1-3H3. The first-order valence-corrected chi connectivity index (χ1v) is 9.37. The van der Waals surface area contributed by atoms with Crippen molar-refractivity contribution < 1.29 is 9.63 Å². The second-order valence-corrected chi connectivity index (χ2v) is 7.28. The molecule has 0 aliphatic carbocycles. The Morgan fingerprint density at radius 1 is 1.21 bits per heavy atom. The molecule has 1 aromatic carbocycles. The molecule has 1 amide bonds. The lowest BCUT2D eigenvalue weighted by atomic mass is 9.98. The molecule has 9 heteroatoms. The lowest BCUT2D eigenvalue weighted by molar-refractivity contribution is -0.0761. The maximum atomic E-state index is 12.3. The van der Waals surface area contributed by atoms with E-state index in [1.165, 1.54) is 14.2 Å². The normalized spacial score (nSPS) is 12.4. The van der Waals surface area contributed by atoms with Gasteiger partial charge in [-0.2, -0.15) is 9.61 Å². The van der Waals surface area contributed by atoms with E-state index in [-0.39, 0.29) is 17.5 Å². The predicted octanol–water partition coefficient (Wildman–Crippen LogP) is 3.22. The predicted molar refractivity (Wildman–Crippen MR) is 107 cm³/mol. The summed E-state index contributed by atoms with van der Waals surface area (Å²) in [5, 5.41) is 15.1. The molecule has 0 fully saturated rings. The number of halogens is 1. The van der Waals surface area contributed by atoms with E-state index in [0.29, 0.717) is 11.5 Å². The van der Waals surface area contributed by atoms with Crippen molar-refractivity contribution in [1.29, 1.82) is 0 Å². The van der Waals surface area contributed by atoms with Crippen molar-refractivity contribution in [2.24, 2.45) is 0 Å². The molecule has 3 aromatic heterocycles. The lowest BCUT2D eigenvalue weighted by Crippen LogP contribution is -2.27. The zero-order valence-corrected chi connectivity index (χ0v) is 17.1. The smallest absolute Gasteiger partial charge is 0.274 e. The summed E-state index contributed by atoms with van der Waals surface area (Å²) in [5.41, 5.74) is 2.79. The van der Waals surface area contributed by atoms with Gasteiger partial charge in [0, 0.05) is 29.0 Å². The number of hydrogen-bond donors (Lipinski definition) is 0. The molecule has 0 saturated carbocycles. The molecular weight excluding hydrogens is 424 g/mol. The van der Waals surface area contributed by atoms with Gasteiger partial charge in [0.05, 0.1) is 12.6 Å². The number of hydroxylamine groups is 2. The first-order valence-electron chi connectivity index (χ1n) is 8.57. The number of rotatable bonds is 4. The quantitative estimate of drug-likeness (QED) is 0.452. The van der Waals surface area contributed by atoms with Crippen LogP contribution in [0.15, 0.2) is 47.1 Å². The van der Waals surface area contributed by atoms with Gasteiger partial charge in [0.15, 0.2) is 17.2 Å². The second kappa shape index (κ2) is 7.25. The molecule has 0 bridgehead atoms. The van der Waals surface area contributed by atoms with Crippen molar-refractivity contribution in [3.8, 4) is 0 Å². The van der Waals surface area contributed by atoms with Crippen LogP contribution in [0.4, 0.5) is 0 Å². The van der Waals surface area contributed by atoms with Gasteiger partial charge in [-0.05, 0) is 51.8 Å². The van der Waals surface area contributed by atoms with E-state index in [1.807, 2.05) is 25.1 Å². The number of amides is 1. The minimum atomic E-state index is -0.349. The van der Waals surface area contributed by atoms with E-state index in [2.05, 4.69) is 42.3 Å². The molecular formula is C19H17BrN6O2. The first-order chi connectivity index (χ1) is 13.5. The van der Waals surface area contributed by atoms with Crippen LogP contribution in [0.2, 0.25) is 0 Å². The zero-order valence-electron chi connectivity index (χ0n) is 15.5. The molecule has 4 aromatic rings. The van der Waals surface area contributed by atoms with E-state index in [9.17, 15) is 4.79 Å². The fraction of sp³-hybridized carbons (Fsp3) is 0.211. The van der Waals surface area contributed by atoms with Crippen LogP contribution in [0.25, 0.3) is 16.6 Å². The number of pyridine rings is 1. The van der Waals surface area contributed by atoms with Crippen molar-refractivity contribution in [1.82, 2.24) is 29.9 Å². The van der Waals surface area contributed by atoms with Crippen molar-refractivity contribution in [2.45, 2.75) is 12.8 Å². The summed E-state index contributed by atoms with van der Waals surface area (Å²) in [6, 6.07) is 11.4. The molecule has 1 atom stereocenters. The van der Waals surface area contributed by atoms with Crippen LogP contribution in [-0.2, 0) is 4.84 Å². The number of carbonyl (C=O) groups is 1. The third kappa shape index (κ3) is 3.23.